The molecule has 1 aromatic rings. The number of carbonyl (C=O) groups excluding carboxylic acids is 3. The van der Waals surface area contributed by atoms with Crippen molar-refractivity contribution in [1.29, 1.82) is 0 Å². The molecule has 0 bridgehead atoms. The van der Waals surface area contributed by atoms with Crippen LogP contribution in [0.2, 0.25) is 0 Å². The van der Waals surface area contributed by atoms with Crippen molar-refractivity contribution in [3.8, 4) is 0 Å². The first-order valence-corrected chi connectivity index (χ1v) is 8.17. The van der Waals surface area contributed by atoms with Crippen LogP contribution in [0.5, 0.6) is 0 Å². The molecule has 1 atom stereocenters. The monoisotopic (exact) mass is 336 g/mol. The zero-order valence-electron chi connectivity index (χ0n) is 14.5. The highest BCUT2D eigenvalue weighted by atomic mass is 16.5. The third kappa shape index (κ3) is 4.15. The maximum absolute atomic E-state index is 12.2. The van der Waals surface area contributed by atoms with Gasteiger partial charge in [0.15, 0.2) is 6.61 Å². The molecule has 0 aliphatic heterocycles. The van der Waals surface area contributed by atoms with E-state index >= 15 is 0 Å². The first-order chi connectivity index (χ1) is 11.3. The lowest BCUT2D eigenvalue weighted by Crippen LogP contribution is -2.37. The van der Waals surface area contributed by atoms with E-state index in [1.54, 1.807) is 20.8 Å². The lowest BCUT2D eigenvalue weighted by atomic mass is 10.1. The highest BCUT2D eigenvalue weighted by Gasteiger charge is 2.29. The van der Waals surface area contributed by atoms with Gasteiger partial charge in [-0.1, -0.05) is 0 Å². The average Bonchev–Trinajstić information content (AvgIpc) is 3.31. The Kier molecular flexibility index (Phi) is 5.64. The Morgan fingerprint density at radius 3 is 2.46 bits per heavy atom. The summed E-state index contributed by atoms with van der Waals surface area (Å²) in [7, 11) is 0. The van der Waals surface area contributed by atoms with E-state index in [1.807, 2.05) is 6.92 Å². The number of amides is 1. The summed E-state index contributed by atoms with van der Waals surface area (Å²) in [6.07, 6.45) is 2.25. The Labute approximate surface area is 141 Å². The van der Waals surface area contributed by atoms with Gasteiger partial charge < -0.3 is 19.8 Å². The zero-order chi connectivity index (χ0) is 17.9. The van der Waals surface area contributed by atoms with Gasteiger partial charge in [-0.2, -0.15) is 0 Å². The fourth-order valence-electron chi connectivity index (χ4n) is 2.68. The lowest BCUT2D eigenvalue weighted by molar-refractivity contribution is -0.125. The van der Waals surface area contributed by atoms with Crippen molar-refractivity contribution in [1.82, 2.24) is 10.3 Å². The zero-order valence-corrected chi connectivity index (χ0v) is 14.5. The summed E-state index contributed by atoms with van der Waals surface area (Å²) in [6.45, 7) is 6.89. The van der Waals surface area contributed by atoms with Gasteiger partial charge in [-0.05, 0) is 52.0 Å². The Morgan fingerprint density at radius 2 is 1.88 bits per heavy atom. The van der Waals surface area contributed by atoms with E-state index in [1.165, 1.54) is 0 Å². The second kappa shape index (κ2) is 7.51. The molecule has 0 spiro atoms. The second-order valence-electron chi connectivity index (χ2n) is 6.12. The summed E-state index contributed by atoms with van der Waals surface area (Å²) in [5.41, 5.74) is 1.49. The number of hydrogen-bond acceptors (Lipinski definition) is 5. The first kappa shape index (κ1) is 18.0. The molecule has 1 amide bonds. The highest BCUT2D eigenvalue weighted by molar-refractivity contribution is 5.99. The van der Waals surface area contributed by atoms with Crippen LogP contribution >= 0.6 is 0 Å². The minimum absolute atomic E-state index is 0.0982. The minimum Gasteiger partial charge on any atom is -0.462 e. The first-order valence-electron chi connectivity index (χ1n) is 8.17. The third-order valence-electron chi connectivity index (χ3n) is 4.17. The number of aromatic amines is 1. The van der Waals surface area contributed by atoms with Crippen LogP contribution in [0.4, 0.5) is 0 Å². The van der Waals surface area contributed by atoms with Gasteiger partial charge in [0.05, 0.1) is 12.2 Å². The molecule has 0 saturated heterocycles. The Morgan fingerprint density at radius 1 is 1.21 bits per heavy atom. The summed E-state index contributed by atoms with van der Waals surface area (Å²) < 4.78 is 10.0. The second-order valence-corrected chi connectivity index (χ2v) is 6.12. The molecule has 2 N–H and O–H groups in total. The number of rotatable bonds is 7. The maximum Gasteiger partial charge on any atom is 0.355 e. The summed E-state index contributed by atoms with van der Waals surface area (Å²) in [4.78, 5) is 38.7. The Bertz CT molecular complexity index is 646. The predicted molar refractivity (Wildman–Crippen MR) is 86.8 cm³/mol. The molecule has 24 heavy (non-hydrogen) atoms. The van der Waals surface area contributed by atoms with Gasteiger partial charge in [-0.25, -0.2) is 9.59 Å². The normalized spacial score (nSPS) is 14.8. The summed E-state index contributed by atoms with van der Waals surface area (Å²) in [5.74, 6) is -0.946. The van der Waals surface area contributed by atoms with Gasteiger partial charge in [0.2, 0.25) is 0 Å². The fourth-order valence-corrected chi connectivity index (χ4v) is 2.68. The minimum atomic E-state index is -0.666. The van der Waals surface area contributed by atoms with Crippen LogP contribution in [-0.2, 0) is 14.3 Å². The van der Waals surface area contributed by atoms with Crippen LogP contribution in [0, 0.1) is 19.8 Å². The molecule has 1 saturated carbocycles. The molecular formula is C17H24N2O5. The number of H-pyrrole nitrogens is 1. The number of aryl methyl sites for hydroxylation is 1. The van der Waals surface area contributed by atoms with E-state index in [-0.39, 0.29) is 30.9 Å². The van der Waals surface area contributed by atoms with Gasteiger partial charge in [0.25, 0.3) is 5.91 Å². The molecule has 0 aromatic carbocycles. The van der Waals surface area contributed by atoms with Crippen molar-refractivity contribution in [3.05, 3.63) is 22.5 Å². The third-order valence-corrected chi connectivity index (χ3v) is 4.17. The number of esters is 2. The lowest BCUT2D eigenvalue weighted by Gasteiger charge is -2.12. The van der Waals surface area contributed by atoms with Crippen molar-refractivity contribution in [2.45, 2.75) is 46.6 Å². The summed E-state index contributed by atoms with van der Waals surface area (Å²) >= 11 is 0. The van der Waals surface area contributed by atoms with E-state index in [2.05, 4.69) is 10.3 Å². The Hall–Kier alpha value is -2.31. The smallest absolute Gasteiger partial charge is 0.355 e. The van der Waals surface area contributed by atoms with Gasteiger partial charge in [-0.15, -0.1) is 0 Å². The maximum atomic E-state index is 12.2. The van der Waals surface area contributed by atoms with Gasteiger partial charge in [-0.3, -0.25) is 4.79 Å². The number of carbonyl (C=O) groups is 3. The number of aromatic nitrogens is 1. The van der Waals surface area contributed by atoms with E-state index in [4.69, 9.17) is 9.47 Å². The van der Waals surface area contributed by atoms with Crippen LogP contribution in [0.1, 0.15) is 58.8 Å². The quantitative estimate of drug-likeness (QED) is 0.741. The topological polar surface area (TPSA) is 97.5 Å². The molecule has 1 aliphatic carbocycles. The summed E-state index contributed by atoms with van der Waals surface area (Å²) in [6, 6.07) is 0.0982. The molecule has 0 unspecified atom stereocenters. The largest absolute Gasteiger partial charge is 0.462 e. The van der Waals surface area contributed by atoms with Crippen molar-refractivity contribution >= 4 is 17.8 Å². The van der Waals surface area contributed by atoms with E-state index in [0.29, 0.717) is 22.7 Å². The van der Waals surface area contributed by atoms with Crippen LogP contribution in [0.3, 0.4) is 0 Å². The van der Waals surface area contributed by atoms with Gasteiger partial charge in [0.1, 0.15) is 5.69 Å². The average molecular weight is 336 g/mol. The van der Waals surface area contributed by atoms with Crippen LogP contribution in [0.15, 0.2) is 0 Å². The molecular weight excluding hydrogens is 312 g/mol. The summed E-state index contributed by atoms with van der Waals surface area (Å²) in [5, 5.41) is 2.81. The van der Waals surface area contributed by atoms with Crippen molar-refractivity contribution in [2.24, 2.45) is 5.92 Å². The highest BCUT2D eigenvalue weighted by Crippen LogP contribution is 2.32. The molecule has 0 radical (unpaired) electrons. The van der Waals surface area contributed by atoms with E-state index < -0.39 is 11.9 Å². The van der Waals surface area contributed by atoms with E-state index in [9.17, 15) is 14.4 Å². The van der Waals surface area contributed by atoms with Crippen LogP contribution in [0.25, 0.3) is 0 Å². The fraction of sp³-hybridized carbons (Fsp3) is 0.588. The predicted octanol–water partition coefficient (Wildman–Crippen LogP) is 1.88. The number of nitrogens with one attached hydrogen (secondary N) is 2. The molecule has 2 rings (SSSR count). The van der Waals surface area contributed by atoms with Crippen molar-refractivity contribution in [2.75, 3.05) is 13.2 Å². The van der Waals surface area contributed by atoms with Gasteiger partial charge >= 0.3 is 11.9 Å². The standard InChI is InChI=1S/C17H24N2O5/c1-5-23-16(21)14-9(2)15(19-11(14)4)17(22)24-8-13(20)18-10(3)12-6-7-12/h10,12,19H,5-8H2,1-4H3,(H,18,20)/t10-/m1/s1. The van der Waals surface area contributed by atoms with Crippen molar-refractivity contribution in [3.63, 3.8) is 0 Å². The van der Waals surface area contributed by atoms with Crippen molar-refractivity contribution < 1.29 is 23.9 Å². The Balaban J connectivity index is 1.95. The molecule has 7 nitrogen and oxygen atoms in total. The molecule has 7 heteroatoms. The van der Waals surface area contributed by atoms with Crippen LogP contribution in [-0.4, -0.2) is 42.1 Å². The van der Waals surface area contributed by atoms with E-state index in [0.717, 1.165) is 12.8 Å². The SMILES string of the molecule is CCOC(=O)c1c(C)[nH]c(C(=O)OCC(=O)N[C@H](C)C2CC2)c1C. The number of ether oxygens (including phenoxy) is 2. The molecule has 1 aromatic heterocycles. The van der Waals surface area contributed by atoms with Gasteiger partial charge in [0, 0.05) is 11.7 Å². The molecule has 132 valence electrons. The molecule has 1 heterocycles. The van der Waals surface area contributed by atoms with Crippen LogP contribution < -0.4 is 5.32 Å². The molecule has 1 fully saturated rings. The number of hydrogen-bond donors (Lipinski definition) is 2. The molecule has 1 aliphatic rings.